The lowest BCUT2D eigenvalue weighted by Gasteiger charge is -2.38. The number of likely N-dealkylation sites (tertiary alicyclic amines) is 1. The Bertz CT molecular complexity index is 317. The van der Waals surface area contributed by atoms with Crippen LogP contribution in [0.1, 0.15) is 39.0 Å². The molecular weight excluding hydrogens is 234 g/mol. The van der Waals surface area contributed by atoms with Crippen LogP contribution in [0, 0.1) is 0 Å². The largest absolute Gasteiger partial charge is 0.392 e. The zero-order valence-electron chi connectivity index (χ0n) is 10.3. The minimum Gasteiger partial charge on any atom is -0.392 e. The average molecular weight is 255 g/mol. The van der Waals surface area contributed by atoms with Crippen molar-refractivity contribution in [2.24, 2.45) is 5.73 Å². The van der Waals surface area contributed by atoms with Gasteiger partial charge in [-0.25, -0.2) is 0 Å². The first-order valence-corrected chi connectivity index (χ1v) is 6.86. The Morgan fingerprint density at radius 1 is 1.41 bits per heavy atom. The molecule has 0 spiro atoms. The number of thiocarbonyl (C=S) groups is 1. The molecule has 4 nitrogen and oxygen atoms in total. The number of amides is 1. The fourth-order valence-corrected chi connectivity index (χ4v) is 2.68. The van der Waals surface area contributed by atoms with E-state index in [1.165, 1.54) is 0 Å². The van der Waals surface area contributed by atoms with Crippen molar-refractivity contribution in [3.8, 4) is 0 Å². The zero-order chi connectivity index (χ0) is 12.4. The number of nitrogens with zero attached hydrogens (tertiary/aromatic N) is 1. The number of carbonyl (C=O) groups is 1. The Labute approximate surface area is 108 Å². The summed E-state index contributed by atoms with van der Waals surface area (Å²) >= 11 is 5.10. The van der Waals surface area contributed by atoms with Crippen LogP contribution in [0.25, 0.3) is 0 Å². The number of hydrogen-bond donors (Lipinski definition) is 2. The van der Waals surface area contributed by atoms with Gasteiger partial charge in [-0.05, 0) is 39.2 Å². The molecule has 3 N–H and O–H groups in total. The number of rotatable bonds is 4. The highest BCUT2D eigenvalue weighted by Gasteiger charge is 2.33. The fourth-order valence-electron chi connectivity index (χ4n) is 2.42. The van der Waals surface area contributed by atoms with Crippen molar-refractivity contribution in [2.75, 3.05) is 6.54 Å². The van der Waals surface area contributed by atoms with Crippen LogP contribution >= 0.6 is 12.2 Å². The van der Waals surface area contributed by atoms with Crippen molar-refractivity contribution >= 4 is 23.1 Å². The maximum atomic E-state index is 12.0. The SMILES string of the molecule is CC(C(=O)NC1CC1)N1CCCCC1C(N)=S. The monoisotopic (exact) mass is 255 g/mol. The van der Waals surface area contributed by atoms with Gasteiger partial charge in [-0.15, -0.1) is 0 Å². The summed E-state index contributed by atoms with van der Waals surface area (Å²) in [6.45, 7) is 2.87. The number of nitrogens with two attached hydrogens (primary N) is 1. The van der Waals surface area contributed by atoms with Crippen molar-refractivity contribution in [3.63, 3.8) is 0 Å². The quantitative estimate of drug-likeness (QED) is 0.729. The highest BCUT2D eigenvalue weighted by Crippen LogP contribution is 2.22. The topological polar surface area (TPSA) is 58.4 Å². The first-order valence-electron chi connectivity index (χ1n) is 6.45. The maximum absolute atomic E-state index is 12.0. The molecule has 0 aromatic rings. The highest BCUT2D eigenvalue weighted by molar-refractivity contribution is 7.80. The number of piperidine rings is 1. The van der Waals surface area contributed by atoms with Gasteiger partial charge in [0.15, 0.2) is 0 Å². The highest BCUT2D eigenvalue weighted by atomic mass is 32.1. The molecular formula is C12H21N3OS. The lowest BCUT2D eigenvalue weighted by Crippen LogP contribution is -2.55. The van der Waals surface area contributed by atoms with Gasteiger partial charge in [-0.2, -0.15) is 0 Å². The van der Waals surface area contributed by atoms with E-state index in [-0.39, 0.29) is 18.0 Å². The zero-order valence-corrected chi connectivity index (χ0v) is 11.1. The molecule has 1 aliphatic carbocycles. The summed E-state index contributed by atoms with van der Waals surface area (Å²) in [5.74, 6) is 0.121. The van der Waals surface area contributed by atoms with Crippen LogP contribution in [0.2, 0.25) is 0 Å². The van der Waals surface area contributed by atoms with Crippen LogP contribution in [-0.2, 0) is 4.79 Å². The van der Waals surface area contributed by atoms with Gasteiger partial charge in [0.1, 0.15) is 0 Å². The molecule has 17 heavy (non-hydrogen) atoms. The minimum atomic E-state index is -0.123. The van der Waals surface area contributed by atoms with E-state index in [0.717, 1.165) is 38.6 Å². The van der Waals surface area contributed by atoms with Crippen molar-refractivity contribution < 1.29 is 4.79 Å². The van der Waals surface area contributed by atoms with Gasteiger partial charge in [0.25, 0.3) is 0 Å². The third-order valence-electron chi connectivity index (χ3n) is 3.67. The van der Waals surface area contributed by atoms with Crippen LogP contribution in [0.3, 0.4) is 0 Å². The van der Waals surface area contributed by atoms with Crippen LogP contribution < -0.4 is 11.1 Å². The first kappa shape index (κ1) is 12.8. The molecule has 0 aromatic heterocycles. The van der Waals surface area contributed by atoms with E-state index >= 15 is 0 Å². The van der Waals surface area contributed by atoms with Crippen LogP contribution in [0.5, 0.6) is 0 Å². The molecule has 5 heteroatoms. The fraction of sp³-hybridized carbons (Fsp3) is 0.833. The summed E-state index contributed by atoms with van der Waals surface area (Å²) in [6, 6.07) is 0.388. The van der Waals surface area contributed by atoms with Gasteiger partial charge in [0, 0.05) is 6.04 Å². The smallest absolute Gasteiger partial charge is 0.237 e. The second-order valence-corrected chi connectivity index (χ2v) is 5.58. The average Bonchev–Trinajstić information content (AvgIpc) is 3.11. The molecule has 2 unspecified atom stereocenters. The molecule has 2 rings (SSSR count). The molecule has 2 aliphatic rings. The third-order valence-corrected chi connectivity index (χ3v) is 3.95. The first-order chi connectivity index (χ1) is 8.09. The normalized spacial score (nSPS) is 27.5. The van der Waals surface area contributed by atoms with Gasteiger partial charge < -0.3 is 11.1 Å². The Morgan fingerprint density at radius 2 is 2.12 bits per heavy atom. The van der Waals surface area contributed by atoms with E-state index < -0.39 is 0 Å². The van der Waals surface area contributed by atoms with Crippen molar-refractivity contribution in [2.45, 2.75) is 57.2 Å². The van der Waals surface area contributed by atoms with Crippen molar-refractivity contribution in [1.82, 2.24) is 10.2 Å². The minimum absolute atomic E-state index is 0.0960. The van der Waals surface area contributed by atoms with E-state index in [0.29, 0.717) is 11.0 Å². The van der Waals surface area contributed by atoms with Gasteiger partial charge in [-0.1, -0.05) is 18.6 Å². The molecule has 2 fully saturated rings. The van der Waals surface area contributed by atoms with Crippen LogP contribution in [0.15, 0.2) is 0 Å². The summed E-state index contributed by atoms with van der Waals surface area (Å²) < 4.78 is 0. The third kappa shape index (κ3) is 3.16. The second kappa shape index (κ2) is 5.31. The Kier molecular flexibility index (Phi) is 3.99. The summed E-state index contributed by atoms with van der Waals surface area (Å²) in [6.07, 6.45) is 5.50. The van der Waals surface area contributed by atoms with E-state index in [4.69, 9.17) is 18.0 Å². The van der Waals surface area contributed by atoms with Crippen molar-refractivity contribution in [3.05, 3.63) is 0 Å². The van der Waals surface area contributed by atoms with Gasteiger partial charge in [-0.3, -0.25) is 9.69 Å². The lowest BCUT2D eigenvalue weighted by molar-refractivity contribution is -0.126. The summed E-state index contributed by atoms with van der Waals surface area (Å²) in [4.78, 5) is 14.7. The van der Waals surface area contributed by atoms with E-state index in [2.05, 4.69) is 10.2 Å². The second-order valence-electron chi connectivity index (χ2n) is 5.11. The molecule has 1 saturated carbocycles. The molecule has 1 heterocycles. The Hall–Kier alpha value is -0.680. The molecule has 2 atom stereocenters. The predicted octanol–water partition coefficient (Wildman–Crippen LogP) is 0.794. The summed E-state index contributed by atoms with van der Waals surface area (Å²) in [5, 5.41) is 3.05. The standard InChI is InChI=1S/C12H21N3OS/c1-8(12(16)14-9-5-6-9)15-7-3-2-4-10(15)11(13)17/h8-10H,2-7H2,1H3,(H2,13,17)(H,14,16). The molecule has 0 aromatic carbocycles. The molecule has 1 aliphatic heterocycles. The van der Waals surface area contributed by atoms with Gasteiger partial charge >= 0.3 is 0 Å². The number of hydrogen-bond acceptors (Lipinski definition) is 3. The summed E-state index contributed by atoms with van der Waals surface area (Å²) in [7, 11) is 0. The number of nitrogens with one attached hydrogen (secondary N) is 1. The molecule has 96 valence electrons. The predicted molar refractivity (Wildman–Crippen MR) is 71.8 cm³/mol. The van der Waals surface area contributed by atoms with E-state index in [1.54, 1.807) is 0 Å². The molecule has 1 saturated heterocycles. The number of carbonyl (C=O) groups excluding carboxylic acids is 1. The van der Waals surface area contributed by atoms with Crippen LogP contribution in [-0.4, -0.2) is 40.5 Å². The van der Waals surface area contributed by atoms with Crippen molar-refractivity contribution in [1.29, 1.82) is 0 Å². The lowest BCUT2D eigenvalue weighted by atomic mass is 10.00. The molecule has 0 radical (unpaired) electrons. The van der Waals surface area contributed by atoms with Gasteiger partial charge in [0.05, 0.1) is 17.1 Å². The molecule has 0 bridgehead atoms. The Morgan fingerprint density at radius 3 is 2.71 bits per heavy atom. The van der Waals surface area contributed by atoms with E-state index in [9.17, 15) is 4.79 Å². The maximum Gasteiger partial charge on any atom is 0.237 e. The van der Waals surface area contributed by atoms with E-state index in [1.807, 2.05) is 6.92 Å². The Balaban J connectivity index is 1.96. The summed E-state index contributed by atoms with van der Waals surface area (Å²) in [5.41, 5.74) is 5.77. The van der Waals surface area contributed by atoms with Gasteiger partial charge in [0.2, 0.25) is 5.91 Å². The molecule has 1 amide bonds. The van der Waals surface area contributed by atoms with Crippen LogP contribution in [0.4, 0.5) is 0 Å².